The number of carboxylic acids is 2. The van der Waals surface area contributed by atoms with Gasteiger partial charge in [0.25, 0.3) is 0 Å². The molecule has 1 aliphatic rings. The number of imidazole rings is 1. The van der Waals surface area contributed by atoms with E-state index in [4.69, 9.17) is 25.8 Å². The summed E-state index contributed by atoms with van der Waals surface area (Å²) >= 11 is 6.50. The number of nitrogens with one attached hydrogen (secondary N) is 1. The molecule has 4 aromatic rings. The molecule has 3 N–H and O–H groups in total. The molecule has 0 amide bonds. The molecule has 1 aliphatic heterocycles. The molecule has 13 heteroatoms. The van der Waals surface area contributed by atoms with Gasteiger partial charge in [0.1, 0.15) is 11.4 Å². The molecule has 206 valence electrons. The fraction of sp³-hybridized carbons (Fsp3) is 0.222. The Bertz CT molecular complexity index is 1590. The molecule has 2 aromatic heterocycles. The Labute approximate surface area is 233 Å². The monoisotopic (exact) mass is 565 g/mol. The van der Waals surface area contributed by atoms with E-state index in [9.17, 15) is 19.8 Å². The van der Waals surface area contributed by atoms with Crippen molar-refractivity contribution in [1.82, 2.24) is 24.8 Å². The maximum absolute atomic E-state index is 13.1. The van der Waals surface area contributed by atoms with Gasteiger partial charge in [0, 0.05) is 17.1 Å². The molecule has 0 saturated carbocycles. The summed E-state index contributed by atoms with van der Waals surface area (Å²) in [6.07, 6.45) is -1.70. The first kappa shape index (κ1) is 26.9. The van der Waals surface area contributed by atoms with Crippen molar-refractivity contribution in [3.63, 3.8) is 0 Å². The molecule has 12 nitrogen and oxygen atoms in total. The van der Waals surface area contributed by atoms with Gasteiger partial charge < -0.3 is 24.4 Å². The Balaban J connectivity index is 1.81. The highest BCUT2D eigenvalue weighted by Gasteiger charge is 2.52. The highest BCUT2D eigenvalue weighted by molar-refractivity contribution is 6.30. The third-order valence-corrected chi connectivity index (χ3v) is 6.88. The predicted octanol–water partition coefficient (Wildman–Crippen LogP) is 3.22. The number of ether oxygens (including phenoxy) is 3. The number of aliphatic carboxylic acids is 1. The zero-order valence-electron chi connectivity index (χ0n) is 21.6. The van der Waals surface area contributed by atoms with Crippen LogP contribution >= 0.6 is 11.6 Å². The largest absolute Gasteiger partial charge is 0.481 e. The fourth-order valence-electron chi connectivity index (χ4n) is 4.99. The smallest absolute Gasteiger partial charge is 0.356 e. The average Bonchev–Trinajstić information content (AvgIpc) is 3.21. The van der Waals surface area contributed by atoms with Crippen molar-refractivity contribution in [2.45, 2.75) is 25.1 Å². The van der Waals surface area contributed by atoms with E-state index in [1.54, 1.807) is 60.0 Å². The zero-order valence-corrected chi connectivity index (χ0v) is 22.3. The number of halogens is 1. The highest BCUT2D eigenvalue weighted by atomic mass is 35.5. The van der Waals surface area contributed by atoms with Crippen LogP contribution < -0.4 is 19.5 Å². The molecule has 0 aliphatic carbocycles. The van der Waals surface area contributed by atoms with Gasteiger partial charge in [0.15, 0.2) is 5.69 Å². The summed E-state index contributed by atoms with van der Waals surface area (Å²) in [5.74, 6) is -1.98. The SMILES string of the molecule is COc1cc(OC)nc(OC(C(=O)O)C2(c3ccccc3)NCc3c(C(=O)O)nc(C)n3-c3ccc(Cl)cc32)n1. The van der Waals surface area contributed by atoms with E-state index in [0.717, 1.165) is 0 Å². The van der Waals surface area contributed by atoms with Gasteiger partial charge in [-0.05, 0) is 30.7 Å². The molecule has 0 bridgehead atoms. The minimum absolute atomic E-state index is 0.0842. The lowest BCUT2D eigenvalue weighted by Gasteiger charge is -2.39. The minimum Gasteiger partial charge on any atom is -0.481 e. The maximum Gasteiger partial charge on any atom is 0.356 e. The molecule has 0 fully saturated rings. The fourth-order valence-corrected chi connectivity index (χ4v) is 5.16. The summed E-state index contributed by atoms with van der Waals surface area (Å²) in [6, 6.07) is 14.9. The number of fused-ring (bicyclic) bond motifs is 3. The Hall–Kier alpha value is -4.68. The van der Waals surface area contributed by atoms with Crippen LogP contribution in [0.25, 0.3) is 5.69 Å². The van der Waals surface area contributed by atoms with Crippen molar-refractivity contribution in [1.29, 1.82) is 0 Å². The Morgan fingerprint density at radius 2 is 1.70 bits per heavy atom. The van der Waals surface area contributed by atoms with Crippen LogP contribution in [0, 0.1) is 6.92 Å². The van der Waals surface area contributed by atoms with Crippen molar-refractivity contribution < 1.29 is 34.0 Å². The quantitative estimate of drug-likeness (QED) is 0.288. The van der Waals surface area contributed by atoms with Gasteiger partial charge in [-0.3, -0.25) is 9.88 Å². The van der Waals surface area contributed by atoms with Gasteiger partial charge in [-0.1, -0.05) is 41.9 Å². The lowest BCUT2D eigenvalue weighted by Crippen LogP contribution is -2.58. The standard InChI is InChI=1S/C27H24ClN5O7/c1-14-30-22(24(34)35)19-13-29-27(15-7-5-4-6-8-15,17-11-16(28)9-10-18(17)33(14)19)23(25(36)37)40-26-31-20(38-2)12-21(32-26)39-3/h4-12,23,29H,13H2,1-3H3,(H,34,35)(H,36,37). The summed E-state index contributed by atoms with van der Waals surface area (Å²) in [4.78, 5) is 37.8. The third-order valence-electron chi connectivity index (χ3n) is 6.65. The normalized spacial score (nSPS) is 16.7. The number of rotatable bonds is 8. The Morgan fingerprint density at radius 3 is 2.30 bits per heavy atom. The lowest BCUT2D eigenvalue weighted by molar-refractivity contribution is -0.149. The third kappa shape index (κ3) is 4.46. The first-order chi connectivity index (χ1) is 19.2. The molecule has 0 spiro atoms. The van der Waals surface area contributed by atoms with Crippen LogP contribution in [0.3, 0.4) is 0 Å². The van der Waals surface area contributed by atoms with Gasteiger partial charge in [0.05, 0.1) is 31.7 Å². The lowest BCUT2D eigenvalue weighted by atomic mass is 9.77. The molecule has 2 unspecified atom stereocenters. The number of methoxy groups -OCH3 is 2. The topological polar surface area (TPSA) is 158 Å². The van der Waals surface area contributed by atoms with Crippen molar-refractivity contribution in [3.05, 3.63) is 88.0 Å². The second kappa shape index (κ2) is 10.5. The van der Waals surface area contributed by atoms with Crippen LogP contribution in [0.4, 0.5) is 0 Å². The Kier molecular flexibility index (Phi) is 7.04. The first-order valence-electron chi connectivity index (χ1n) is 12.0. The minimum atomic E-state index is -1.70. The summed E-state index contributed by atoms with van der Waals surface area (Å²) in [5, 5.41) is 24.2. The van der Waals surface area contributed by atoms with E-state index in [1.165, 1.54) is 20.3 Å². The van der Waals surface area contributed by atoms with E-state index in [0.29, 0.717) is 33.4 Å². The van der Waals surface area contributed by atoms with Crippen LogP contribution in [0.15, 0.2) is 54.6 Å². The van der Waals surface area contributed by atoms with Gasteiger partial charge in [-0.25, -0.2) is 14.6 Å². The van der Waals surface area contributed by atoms with E-state index < -0.39 is 23.6 Å². The number of hydrogen-bond acceptors (Lipinski definition) is 9. The van der Waals surface area contributed by atoms with Gasteiger partial charge >= 0.3 is 17.9 Å². The van der Waals surface area contributed by atoms with Gasteiger partial charge in [0.2, 0.25) is 17.9 Å². The number of aromatic nitrogens is 4. The number of benzene rings is 2. The molecule has 3 heterocycles. The molecule has 40 heavy (non-hydrogen) atoms. The van der Waals surface area contributed by atoms with Gasteiger partial charge in [-0.2, -0.15) is 9.97 Å². The number of hydrogen-bond donors (Lipinski definition) is 3. The Morgan fingerprint density at radius 1 is 1.02 bits per heavy atom. The van der Waals surface area contributed by atoms with Crippen LogP contribution in [0.2, 0.25) is 5.02 Å². The number of nitrogens with zero attached hydrogens (tertiary/aromatic N) is 4. The summed E-state index contributed by atoms with van der Waals surface area (Å²) < 4.78 is 18.2. The molecule has 5 rings (SSSR count). The highest BCUT2D eigenvalue weighted by Crippen LogP contribution is 2.43. The number of carbonyl (C=O) groups is 2. The van der Waals surface area contributed by atoms with E-state index in [1.807, 2.05) is 0 Å². The molecule has 2 aromatic carbocycles. The second-order valence-corrected chi connectivity index (χ2v) is 9.29. The van der Waals surface area contributed by atoms with Crippen LogP contribution in [-0.4, -0.2) is 62.0 Å². The van der Waals surface area contributed by atoms with E-state index in [-0.39, 0.29) is 30.0 Å². The number of aryl methyl sites for hydroxylation is 1. The zero-order chi connectivity index (χ0) is 28.6. The van der Waals surface area contributed by atoms with E-state index >= 15 is 0 Å². The van der Waals surface area contributed by atoms with Crippen LogP contribution in [-0.2, 0) is 16.9 Å². The first-order valence-corrected chi connectivity index (χ1v) is 12.4. The number of aromatic carboxylic acids is 1. The van der Waals surface area contributed by atoms with Crippen molar-refractivity contribution in [2.24, 2.45) is 0 Å². The van der Waals surface area contributed by atoms with Crippen LogP contribution in [0.1, 0.15) is 33.1 Å². The van der Waals surface area contributed by atoms with Crippen molar-refractivity contribution in [2.75, 3.05) is 14.2 Å². The summed E-state index contributed by atoms with van der Waals surface area (Å²) in [7, 11) is 2.78. The van der Waals surface area contributed by atoms with Crippen molar-refractivity contribution in [3.8, 4) is 23.5 Å². The molecular weight excluding hydrogens is 542 g/mol. The second-order valence-electron chi connectivity index (χ2n) is 8.86. The van der Waals surface area contributed by atoms with Crippen LogP contribution in [0.5, 0.6) is 17.8 Å². The molecular formula is C27H24ClN5O7. The predicted molar refractivity (Wildman–Crippen MR) is 142 cm³/mol. The maximum atomic E-state index is 13.1. The average molecular weight is 566 g/mol. The molecule has 0 radical (unpaired) electrons. The number of carboxylic acid groups (broad SMARTS) is 2. The van der Waals surface area contributed by atoms with Gasteiger partial charge in [-0.15, -0.1) is 0 Å². The molecule has 2 atom stereocenters. The summed E-state index contributed by atoms with van der Waals surface area (Å²) in [6.45, 7) is 1.59. The summed E-state index contributed by atoms with van der Waals surface area (Å²) in [5.41, 5.74) is -0.0736. The van der Waals surface area contributed by atoms with Crippen molar-refractivity contribution >= 4 is 23.5 Å². The van der Waals surface area contributed by atoms with E-state index in [2.05, 4.69) is 20.3 Å². The molecule has 0 saturated heterocycles.